The van der Waals surface area contributed by atoms with Crippen LogP contribution in [0.25, 0.3) is 0 Å². The summed E-state index contributed by atoms with van der Waals surface area (Å²) in [7, 11) is 0. The molecular weight excluding hydrogens is 254 g/mol. The van der Waals surface area contributed by atoms with Gasteiger partial charge in [0.25, 0.3) is 0 Å². The molecule has 0 radical (unpaired) electrons. The molecule has 1 heterocycles. The first kappa shape index (κ1) is 13.2. The van der Waals surface area contributed by atoms with Crippen LogP contribution < -0.4 is 5.32 Å². The van der Waals surface area contributed by atoms with Crippen LogP contribution in [0.15, 0.2) is 41.3 Å². The number of nitrogens with one attached hydrogen (secondary N) is 1. The topological polar surface area (TPSA) is 32.3 Å². The lowest BCUT2D eigenvalue weighted by atomic mass is 10.0. The fourth-order valence-electron chi connectivity index (χ4n) is 2.99. The number of fused-ring (bicyclic) bond motifs is 1. The van der Waals surface area contributed by atoms with Gasteiger partial charge in [-0.1, -0.05) is 30.4 Å². The molecule has 2 N–H and O–H groups in total. The molecule has 0 aromatic heterocycles. The zero-order valence-corrected chi connectivity index (χ0v) is 11.9. The number of rotatable bonds is 3. The van der Waals surface area contributed by atoms with E-state index in [0.29, 0.717) is 18.0 Å². The van der Waals surface area contributed by atoms with Crippen molar-refractivity contribution < 1.29 is 5.11 Å². The van der Waals surface area contributed by atoms with Crippen LogP contribution >= 0.6 is 11.8 Å². The van der Waals surface area contributed by atoms with E-state index in [4.69, 9.17) is 0 Å². The van der Waals surface area contributed by atoms with Crippen LogP contribution in [0.5, 0.6) is 0 Å². The van der Waals surface area contributed by atoms with Crippen LogP contribution in [0.2, 0.25) is 0 Å². The summed E-state index contributed by atoms with van der Waals surface area (Å²) in [6.45, 7) is 0.270. The molecule has 102 valence electrons. The smallest absolute Gasteiger partial charge is 0.0494 e. The lowest BCUT2D eigenvalue weighted by Gasteiger charge is -2.23. The van der Waals surface area contributed by atoms with Gasteiger partial charge in [-0.3, -0.25) is 0 Å². The Morgan fingerprint density at radius 3 is 3.00 bits per heavy atom. The molecule has 2 nitrogen and oxygen atoms in total. The molecule has 2 aliphatic rings. The molecule has 1 aliphatic heterocycles. The minimum Gasteiger partial charge on any atom is -0.396 e. The largest absolute Gasteiger partial charge is 0.396 e. The summed E-state index contributed by atoms with van der Waals surface area (Å²) in [6, 6.07) is 9.64. The summed E-state index contributed by atoms with van der Waals surface area (Å²) in [5, 5.41) is 13.0. The predicted molar refractivity (Wildman–Crippen MR) is 80.4 cm³/mol. The van der Waals surface area contributed by atoms with Gasteiger partial charge >= 0.3 is 0 Å². The van der Waals surface area contributed by atoms with Crippen molar-refractivity contribution in [2.45, 2.75) is 36.2 Å². The minimum absolute atomic E-state index is 0.270. The molecule has 0 amide bonds. The van der Waals surface area contributed by atoms with Crippen LogP contribution in [0.4, 0.5) is 0 Å². The van der Waals surface area contributed by atoms with Gasteiger partial charge in [-0.25, -0.2) is 0 Å². The standard InChI is InChI=1S/C16H21NOS/c18-11-12-7-8-13(10-12)17-15-5-3-9-19-16-6-2-1-4-14(15)16/h1-2,4,6-8,12-13,15,17-18H,3,5,9-11H2/t12-,13+,15?/m0/s1. The molecule has 0 bridgehead atoms. The summed E-state index contributed by atoms with van der Waals surface area (Å²) in [5.41, 5.74) is 1.45. The summed E-state index contributed by atoms with van der Waals surface area (Å²) in [6.07, 6.45) is 7.87. The number of aliphatic hydroxyl groups excluding tert-OH is 1. The average Bonchev–Trinajstić information content (AvgIpc) is 2.80. The van der Waals surface area contributed by atoms with Crippen molar-refractivity contribution in [1.29, 1.82) is 0 Å². The Hall–Kier alpha value is -0.770. The Kier molecular flexibility index (Phi) is 4.26. The van der Waals surface area contributed by atoms with Crippen molar-refractivity contribution in [2.24, 2.45) is 5.92 Å². The molecule has 19 heavy (non-hydrogen) atoms. The van der Waals surface area contributed by atoms with E-state index in [0.717, 1.165) is 6.42 Å². The second-order valence-corrected chi connectivity index (χ2v) is 6.55. The third kappa shape index (κ3) is 3.04. The van der Waals surface area contributed by atoms with Crippen molar-refractivity contribution in [3.05, 3.63) is 42.0 Å². The van der Waals surface area contributed by atoms with E-state index in [1.165, 1.54) is 29.1 Å². The lowest BCUT2D eigenvalue weighted by Crippen LogP contribution is -2.31. The molecule has 1 unspecified atom stereocenters. The van der Waals surface area contributed by atoms with Crippen LogP contribution in [0.3, 0.4) is 0 Å². The third-order valence-electron chi connectivity index (χ3n) is 4.01. The normalized spacial score (nSPS) is 30.1. The number of thioether (sulfide) groups is 1. The van der Waals surface area contributed by atoms with Gasteiger partial charge in [0.05, 0.1) is 0 Å². The number of hydrogen-bond acceptors (Lipinski definition) is 3. The van der Waals surface area contributed by atoms with Gasteiger partial charge in [0.1, 0.15) is 0 Å². The second kappa shape index (κ2) is 6.12. The first-order chi connectivity index (χ1) is 9.36. The van der Waals surface area contributed by atoms with E-state index in [-0.39, 0.29) is 6.61 Å². The van der Waals surface area contributed by atoms with Crippen LogP contribution in [-0.2, 0) is 0 Å². The predicted octanol–water partition coefficient (Wildman–Crippen LogP) is 3.14. The highest BCUT2D eigenvalue weighted by molar-refractivity contribution is 7.99. The van der Waals surface area contributed by atoms with E-state index in [1.807, 2.05) is 11.8 Å². The van der Waals surface area contributed by atoms with Crippen molar-refractivity contribution in [3.63, 3.8) is 0 Å². The molecule has 0 saturated heterocycles. The Morgan fingerprint density at radius 1 is 1.26 bits per heavy atom. The van der Waals surface area contributed by atoms with Crippen LogP contribution in [-0.4, -0.2) is 23.5 Å². The monoisotopic (exact) mass is 275 g/mol. The highest BCUT2D eigenvalue weighted by Crippen LogP contribution is 2.35. The molecular formula is C16H21NOS. The third-order valence-corrected chi connectivity index (χ3v) is 5.19. The average molecular weight is 275 g/mol. The Labute approximate surface area is 119 Å². The molecule has 1 aromatic rings. The highest BCUT2D eigenvalue weighted by Gasteiger charge is 2.24. The Balaban J connectivity index is 1.73. The van der Waals surface area contributed by atoms with Crippen molar-refractivity contribution in [1.82, 2.24) is 5.32 Å². The van der Waals surface area contributed by atoms with E-state index < -0.39 is 0 Å². The quantitative estimate of drug-likeness (QED) is 0.831. The van der Waals surface area contributed by atoms with Gasteiger partial charge in [-0.2, -0.15) is 0 Å². The number of hydrogen-bond donors (Lipinski definition) is 2. The van der Waals surface area contributed by atoms with Gasteiger partial charge < -0.3 is 10.4 Å². The minimum atomic E-state index is 0.270. The zero-order valence-electron chi connectivity index (χ0n) is 11.1. The van der Waals surface area contributed by atoms with Crippen LogP contribution in [0.1, 0.15) is 30.9 Å². The molecule has 3 rings (SSSR count). The maximum absolute atomic E-state index is 9.21. The van der Waals surface area contributed by atoms with Gasteiger partial charge in [-0.15, -0.1) is 11.8 Å². The van der Waals surface area contributed by atoms with E-state index in [1.54, 1.807) is 0 Å². The highest BCUT2D eigenvalue weighted by atomic mass is 32.2. The molecule has 0 fully saturated rings. The van der Waals surface area contributed by atoms with Crippen molar-refractivity contribution >= 4 is 11.8 Å². The molecule has 3 atom stereocenters. The summed E-state index contributed by atoms with van der Waals surface area (Å²) >= 11 is 1.98. The molecule has 1 aliphatic carbocycles. The Morgan fingerprint density at radius 2 is 2.16 bits per heavy atom. The fourth-order valence-corrected chi connectivity index (χ4v) is 4.07. The van der Waals surface area contributed by atoms with Gasteiger partial charge in [0, 0.05) is 29.5 Å². The van der Waals surface area contributed by atoms with Crippen LogP contribution in [0, 0.1) is 5.92 Å². The van der Waals surface area contributed by atoms with E-state index >= 15 is 0 Å². The van der Waals surface area contributed by atoms with Gasteiger partial charge in [0.15, 0.2) is 0 Å². The van der Waals surface area contributed by atoms with E-state index in [9.17, 15) is 5.11 Å². The Bertz CT molecular complexity index is 460. The second-order valence-electron chi connectivity index (χ2n) is 5.42. The molecule has 1 aromatic carbocycles. The first-order valence-electron chi connectivity index (χ1n) is 7.14. The molecule has 0 spiro atoms. The van der Waals surface area contributed by atoms with Gasteiger partial charge in [-0.05, 0) is 36.6 Å². The van der Waals surface area contributed by atoms with E-state index in [2.05, 4.69) is 41.7 Å². The fraction of sp³-hybridized carbons (Fsp3) is 0.500. The maximum atomic E-state index is 9.21. The molecule has 0 saturated carbocycles. The van der Waals surface area contributed by atoms with Crippen molar-refractivity contribution in [2.75, 3.05) is 12.4 Å². The number of benzene rings is 1. The molecule has 3 heteroatoms. The zero-order chi connectivity index (χ0) is 13.1. The summed E-state index contributed by atoms with van der Waals surface area (Å²) in [4.78, 5) is 1.43. The number of aliphatic hydroxyl groups is 1. The van der Waals surface area contributed by atoms with Gasteiger partial charge in [0.2, 0.25) is 0 Å². The van der Waals surface area contributed by atoms with Crippen molar-refractivity contribution in [3.8, 4) is 0 Å². The maximum Gasteiger partial charge on any atom is 0.0494 e. The lowest BCUT2D eigenvalue weighted by molar-refractivity contribution is 0.244. The SMILES string of the molecule is OC[C@H]1C=C[C@@H](NC2CCCSc3ccccc32)C1. The first-order valence-corrected chi connectivity index (χ1v) is 8.12. The summed E-state index contributed by atoms with van der Waals surface area (Å²) < 4.78 is 0. The summed E-state index contributed by atoms with van der Waals surface area (Å²) in [5.74, 6) is 1.56.